The number of para-hydroxylation sites is 1. The van der Waals surface area contributed by atoms with Gasteiger partial charge in [0.15, 0.2) is 5.54 Å². The summed E-state index contributed by atoms with van der Waals surface area (Å²) in [5, 5.41) is 18.6. The molecule has 0 radical (unpaired) electrons. The average Bonchev–Trinajstić information content (AvgIpc) is 3.28. The van der Waals surface area contributed by atoms with Gasteiger partial charge in [-0.05, 0) is 36.8 Å². The molecule has 5 rings (SSSR count). The number of hydrogen-bond donors (Lipinski definition) is 2. The number of ether oxygens (including phenoxy) is 1. The van der Waals surface area contributed by atoms with Crippen molar-refractivity contribution in [3.63, 3.8) is 0 Å². The normalized spacial score (nSPS) is 25.3. The van der Waals surface area contributed by atoms with Crippen LogP contribution in [0, 0.1) is 15.9 Å². The molecule has 2 N–H and O–H groups in total. The summed E-state index contributed by atoms with van der Waals surface area (Å²) in [5.74, 6) is -1.12. The van der Waals surface area contributed by atoms with Crippen molar-refractivity contribution in [1.29, 1.82) is 0 Å². The summed E-state index contributed by atoms with van der Waals surface area (Å²) in [5.41, 5.74) is 0.634. The van der Waals surface area contributed by atoms with Gasteiger partial charge in [-0.2, -0.15) is 0 Å². The van der Waals surface area contributed by atoms with Crippen molar-refractivity contribution in [3.8, 4) is 5.75 Å². The molecule has 1 spiro atoms. The first-order valence-corrected chi connectivity index (χ1v) is 11.2. The lowest BCUT2D eigenvalue weighted by molar-refractivity contribution is -0.532. The number of hydrogen-bond acceptors (Lipinski definition) is 5. The van der Waals surface area contributed by atoms with Crippen molar-refractivity contribution in [2.75, 3.05) is 5.32 Å². The fraction of sp³-hybridized carbons (Fsp3) is 0.240. The fourth-order valence-corrected chi connectivity index (χ4v) is 5.41. The SMILES string of the molecule is C[C@@H]1N[C@]2(C(=O)Nc3ccccc32)[C@H]([N+](=O)[O-])[C@@H]1c1ccc(OCc2ccccc2F)c(Cl)c1. The molecule has 1 saturated heterocycles. The number of carbonyl (C=O) groups is 1. The van der Waals surface area contributed by atoms with Gasteiger partial charge in [-0.25, -0.2) is 4.39 Å². The highest BCUT2D eigenvalue weighted by Gasteiger charge is 2.67. The minimum absolute atomic E-state index is 0.00921. The predicted molar refractivity (Wildman–Crippen MR) is 125 cm³/mol. The lowest BCUT2D eigenvalue weighted by Gasteiger charge is -2.25. The van der Waals surface area contributed by atoms with Gasteiger partial charge in [-0.3, -0.25) is 20.2 Å². The Hall–Kier alpha value is -3.49. The first-order chi connectivity index (χ1) is 16.3. The molecule has 2 aliphatic heterocycles. The van der Waals surface area contributed by atoms with E-state index in [9.17, 15) is 19.3 Å². The Morgan fingerprint density at radius 3 is 2.62 bits per heavy atom. The molecule has 3 aromatic carbocycles. The molecule has 1 amide bonds. The molecule has 2 heterocycles. The zero-order chi connectivity index (χ0) is 24.0. The van der Waals surface area contributed by atoms with Crippen molar-refractivity contribution in [2.24, 2.45) is 0 Å². The van der Waals surface area contributed by atoms with E-state index in [0.717, 1.165) is 0 Å². The van der Waals surface area contributed by atoms with Crippen LogP contribution in [0.25, 0.3) is 0 Å². The number of fused-ring (bicyclic) bond motifs is 2. The number of carbonyl (C=O) groups excluding carboxylic acids is 1. The minimum atomic E-state index is -1.49. The quantitative estimate of drug-likeness (QED) is 0.409. The Balaban J connectivity index is 1.48. The van der Waals surface area contributed by atoms with Gasteiger partial charge in [0, 0.05) is 27.8 Å². The van der Waals surface area contributed by atoms with Crippen molar-refractivity contribution < 1.29 is 18.8 Å². The van der Waals surface area contributed by atoms with E-state index in [-0.39, 0.29) is 22.4 Å². The van der Waals surface area contributed by atoms with E-state index in [1.54, 1.807) is 60.7 Å². The lowest BCUT2D eigenvalue weighted by atomic mass is 9.78. The smallest absolute Gasteiger partial charge is 0.256 e. The largest absolute Gasteiger partial charge is 0.487 e. The van der Waals surface area contributed by atoms with Gasteiger partial charge in [0.1, 0.15) is 18.2 Å². The number of nitrogens with zero attached hydrogens (tertiary/aromatic N) is 1. The zero-order valence-corrected chi connectivity index (χ0v) is 18.9. The van der Waals surface area contributed by atoms with Gasteiger partial charge in [-0.15, -0.1) is 0 Å². The Labute approximate surface area is 200 Å². The van der Waals surface area contributed by atoms with Crippen LogP contribution < -0.4 is 15.4 Å². The summed E-state index contributed by atoms with van der Waals surface area (Å²) in [7, 11) is 0. The molecule has 0 unspecified atom stereocenters. The molecular weight excluding hydrogens is 461 g/mol. The highest BCUT2D eigenvalue weighted by Crippen LogP contribution is 2.50. The third kappa shape index (κ3) is 3.41. The summed E-state index contributed by atoms with van der Waals surface area (Å²) < 4.78 is 19.6. The Morgan fingerprint density at radius 1 is 1.15 bits per heavy atom. The molecule has 4 atom stereocenters. The highest BCUT2D eigenvalue weighted by atomic mass is 35.5. The molecular formula is C25H21ClFN3O4. The van der Waals surface area contributed by atoms with E-state index in [1.807, 2.05) is 6.92 Å². The second-order valence-electron chi connectivity index (χ2n) is 8.57. The molecule has 3 aromatic rings. The van der Waals surface area contributed by atoms with Crippen LogP contribution in [-0.2, 0) is 16.9 Å². The van der Waals surface area contributed by atoms with Crippen LogP contribution in [0.15, 0.2) is 66.7 Å². The number of amides is 1. The minimum Gasteiger partial charge on any atom is -0.487 e. The second kappa shape index (κ2) is 8.38. The van der Waals surface area contributed by atoms with E-state index >= 15 is 0 Å². The highest BCUT2D eigenvalue weighted by molar-refractivity contribution is 6.32. The molecule has 34 heavy (non-hydrogen) atoms. The number of benzene rings is 3. The molecule has 0 saturated carbocycles. The first kappa shape index (κ1) is 22.3. The van der Waals surface area contributed by atoms with E-state index in [1.165, 1.54) is 6.07 Å². The molecule has 0 bridgehead atoms. The van der Waals surface area contributed by atoms with Crippen LogP contribution >= 0.6 is 11.6 Å². The standard InChI is InChI=1S/C25H21ClFN3O4/c1-14-22(15-10-11-21(18(26)12-15)34-13-16-6-2-4-8-19(16)27)23(30(32)33)25(29-14)17-7-3-5-9-20(17)28-24(25)31/h2-12,14,22-23,29H,13H2,1H3,(H,28,31)/t14-,22-,23+,25-/m0/s1. The van der Waals surface area contributed by atoms with Crippen molar-refractivity contribution in [1.82, 2.24) is 5.32 Å². The third-order valence-corrected chi connectivity index (χ3v) is 6.94. The number of anilines is 1. The molecule has 0 aliphatic carbocycles. The lowest BCUT2D eigenvalue weighted by Crippen LogP contribution is -2.54. The maximum Gasteiger partial charge on any atom is 0.256 e. The van der Waals surface area contributed by atoms with Gasteiger partial charge < -0.3 is 10.1 Å². The van der Waals surface area contributed by atoms with Gasteiger partial charge in [0.2, 0.25) is 0 Å². The first-order valence-electron chi connectivity index (χ1n) is 10.8. The van der Waals surface area contributed by atoms with E-state index in [2.05, 4.69) is 10.6 Å². The van der Waals surface area contributed by atoms with Gasteiger partial charge in [0.05, 0.1) is 10.9 Å². The number of rotatable bonds is 5. The maximum absolute atomic E-state index is 13.9. The summed E-state index contributed by atoms with van der Waals surface area (Å²) in [6.07, 6.45) is 0. The molecule has 0 aromatic heterocycles. The summed E-state index contributed by atoms with van der Waals surface area (Å²) in [6.45, 7) is 1.81. The van der Waals surface area contributed by atoms with Crippen molar-refractivity contribution in [3.05, 3.63) is 104 Å². The number of halogens is 2. The zero-order valence-electron chi connectivity index (χ0n) is 18.1. The molecule has 174 valence electrons. The summed E-state index contributed by atoms with van der Waals surface area (Å²) in [6, 6.07) is 16.6. The molecule has 9 heteroatoms. The summed E-state index contributed by atoms with van der Waals surface area (Å²) in [4.78, 5) is 25.1. The van der Waals surface area contributed by atoms with Gasteiger partial charge in [0.25, 0.3) is 11.9 Å². The number of nitrogens with one attached hydrogen (secondary N) is 2. The van der Waals surface area contributed by atoms with Crippen LogP contribution in [0.1, 0.15) is 29.5 Å². The maximum atomic E-state index is 13.9. The van der Waals surface area contributed by atoms with Crippen LogP contribution in [0.3, 0.4) is 0 Å². The van der Waals surface area contributed by atoms with Crippen LogP contribution in [0.2, 0.25) is 5.02 Å². The topological polar surface area (TPSA) is 93.5 Å². The average molecular weight is 482 g/mol. The number of nitro groups is 1. The Morgan fingerprint density at radius 2 is 1.88 bits per heavy atom. The third-order valence-electron chi connectivity index (χ3n) is 6.65. The van der Waals surface area contributed by atoms with Crippen LogP contribution in [0.5, 0.6) is 5.75 Å². The van der Waals surface area contributed by atoms with E-state index in [0.29, 0.717) is 28.1 Å². The molecule has 2 aliphatic rings. The monoisotopic (exact) mass is 481 g/mol. The second-order valence-corrected chi connectivity index (χ2v) is 8.97. The van der Waals surface area contributed by atoms with Gasteiger partial charge in [-0.1, -0.05) is 54.1 Å². The fourth-order valence-electron chi connectivity index (χ4n) is 5.17. The van der Waals surface area contributed by atoms with E-state index < -0.39 is 29.4 Å². The van der Waals surface area contributed by atoms with E-state index in [4.69, 9.17) is 16.3 Å². The Bertz CT molecular complexity index is 1300. The molecule has 1 fully saturated rings. The Kier molecular flexibility index (Phi) is 5.50. The predicted octanol–water partition coefficient (Wildman–Crippen LogP) is 4.63. The summed E-state index contributed by atoms with van der Waals surface area (Å²) >= 11 is 6.46. The van der Waals surface area contributed by atoms with Crippen LogP contribution in [-0.4, -0.2) is 22.9 Å². The van der Waals surface area contributed by atoms with Crippen LogP contribution in [0.4, 0.5) is 10.1 Å². The van der Waals surface area contributed by atoms with Crippen molar-refractivity contribution >= 4 is 23.2 Å². The van der Waals surface area contributed by atoms with Crippen molar-refractivity contribution in [2.45, 2.75) is 37.1 Å². The molecule has 7 nitrogen and oxygen atoms in total. The van der Waals surface area contributed by atoms with Gasteiger partial charge >= 0.3 is 0 Å².